The zero-order valence-electron chi connectivity index (χ0n) is 17.8. The van der Waals surface area contributed by atoms with Crippen LogP contribution in [0.4, 0.5) is 0 Å². The van der Waals surface area contributed by atoms with Gasteiger partial charge in [-0.05, 0) is 42.0 Å². The third-order valence-corrected chi connectivity index (χ3v) is 6.06. The van der Waals surface area contributed by atoms with E-state index < -0.39 is 6.04 Å². The van der Waals surface area contributed by atoms with Crippen LogP contribution in [0, 0.1) is 0 Å². The Morgan fingerprint density at radius 2 is 1.67 bits per heavy atom. The monoisotopic (exact) mass is 453 g/mol. The molecule has 0 fully saturated rings. The number of carbonyl (C=O) groups excluding carboxylic acids is 1. The summed E-state index contributed by atoms with van der Waals surface area (Å²) in [4.78, 5) is 31.0. The van der Waals surface area contributed by atoms with E-state index in [4.69, 9.17) is 11.6 Å². The Morgan fingerprint density at radius 3 is 2.48 bits per heavy atom. The molecule has 0 radical (unpaired) electrons. The summed E-state index contributed by atoms with van der Waals surface area (Å²) in [5.41, 5.74) is 1.61. The number of fused-ring (bicyclic) bond motifs is 2. The van der Waals surface area contributed by atoms with Gasteiger partial charge in [-0.2, -0.15) is 0 Å². The number of carbonyl (C=O) groups is 1. The number of rotatable bonds is 4. The number of benzene rings is 3. The highest BCUT2D eigenvalue weighted by Gasteiger charge is 2.20. The number of hydrogen-bond acceptors (Lipinski definition) is 3. The molecule has 0 bridgehead atoms. The van der Waals surface area contributed by atoms with E-state index in [-0.39, 0.29) is 11.5 Å². The Morgan fingerprint density at radius 1 is 0.939 bits per heavy atom. The van der Waals surface area contributed by atoms with Crippen molar-refractivity contribution in [3.63, 3.8) is 0 Å². The molecule has 0 spiro atoms. The SMILES string of the molecule is C[C@H](NC(=O)c1cncc2ccccc12)c1cc2cccc(Cl)c2c(=O)n1-c1ccccc1. The lowest BCUT2D eigenvalue weighted by atomic mass is 10.1. The lowest BCUT2D eigenvalue weighted by molar-refractivity contribution is 0.0940. The molecule has 0 saturated heterocycles. The molecule has 5 nitrogen and oxygen atoms in total. The van der Waals surface area contributed by atoms with Crippen LogP contribution < -0.4 is 10.9 Å². The van der Waals surface area contributed by atoms with Crippen molar-refractivity contribution in [1.29, 1.82) is 0 Å². The van der Waals surface area contributed by atoms with Crippen LogP contribution in [0.5, 0.6) is 0 Å². The zero-order valence-corrected chi connectivity index (χ0v) is 18.6. The minimum atomic E-state index is -0.465. The molecular formula is C27H20ClN3O2. The molecule has 5 aromatic rings. The molecular weight excluding hydrogens is 434 g/mol. The summed E-state index contributed by atoms with van der Waals surface area (Å²) in [5, 5.41) is 6.33. The van der Waals surface area contributed by atoms with Gasteiger partial charge in [0.25, 0.3) is 11.5 Å². The van der Waals surface area contributed by atoms with Gasteiger partial charge in [-0.25, -0.2) is 0 Å². The smallest absolute Gasteiger partial charge is 0.264 e. The summed E-state index contributed by atoms with van der Waals surface area (Å²) in [6.45, 7) is 1.86. The van der Waals surface area contributed by atoms with E-state index in [9.17, 15) is 9.59 Å². The predicted molar refractivity (Wildman–Crippen MR) is 132 cm³/mol. The van der Waals surface area contributed by atoms with Gasteiger partial charge in [0.15, 0.2) is 0 Å². The summed E-state index contributed by atoms with van der Waals surface area (Å²) in [5.74, 6) is -0.259. The van der Waals surface area contributed by atoms with Crippen molar-refractivity contribution in [2.24, 2.45) is 0 Å². The fourth-order valence-corrected chi connectivity index (χ4v) is 4.41. The number of amides is 1. The van der Waals surface area contributed by atoms with E-state index in [1.165, 1.54) is 0 Å². The second-order valence-electron chi connectivity index (χ2n) is 7.85. The van der Waals surface area contributed by atoms with Gasteiger partial charge in [0.05, 0.1) is 22.0 Å². The van der Waals surface area contributed by atoms with Gasteiger partial charge in [0.1, 0.15) is 0 Å². The Hall–Kier alpha value is -3.96. The largest absolute Gasteiger partial charge is 0.344 e. The molecule has 0 unspecified atom stereocenters. The van der Waals surface area contributed by atoms with Crippen LogP contribution >= 0.6 is 11.6 Å². The van der Waals surface area contributed by atoms with Gasteiger partial charge in [-0.15, -0.1) is 0 Å². The summed E-state index contributed by atoms with van der Waals surface area (Å²) in [6, 6.07) is 23.8. The lowest BCUT2D eigenvalue weighted by Gasteiger charge is -2.21. The van der Waals surface area contributed by atoms with Crippen molar-refractivity contribution in [1.82, 2.24) is 14.9 Å². The van der Waals surface area contributed by atoms with Crippen molar-refractivity contribution >= 4 is 39.1 Å². The third-order valence-electron chi connectivity index (χ3n) is 5.74. The number of halogens is 1. The Balaban J connectivity index is 1.63. The molecule has 0 aliphatic rings. The van der Waals surface area contributed by atoms with Crippen molar-refractivity contribution in [2.45, 2.75) is 13.0 Å². The molecule has 6 heteroatoms. The normalized spacial score (nSPS) is 12.1. The average molecular weight is 454 g/mol. The van der Waals surface area contributed by atoms with Crippen LogP contribution in [0.3, 0.4) is 0 Å². The van der Waals surface area contributed by atoms with Gasteiger partial charge in [-0.3, -0.25) is 19.1 Å². The van der Waals surface area contributed by atoms with E-state index in [0.717, 1.165) is 16.2 Å². The molecule has 33 heavy (non-hydrogen) atoms. The van der Waals surface area contributed by atoms with Crippen molar-refractivity contribution in [3.8, 4) is 5.69 Å². The first kappa shape index (κ1) is 20.9. The van der Waals surface area contributed by atoms with E-state index >= 15 is 0 Å². The van der Waals surface area contributed by atoms with Crippen LogP contribution in [0.15, 0.2) is 96.1 Å². The molecule has 0 aliphatic carbocycles. The number of nitrogens with zero attached hydrogens (tertiary/aromatic N) is 2. The maximum absolute atomic E-state index is 13.6. The van der Waals surface area contributed by atoms with Gasteiger partial charge in [0, 0.05) is 29.2 Å². The Labute approximate surface area is 195 Å². The summed E-state index contributed by atoms with van der Waals surface area (Å²) >= 11 is 6.38. The van der Waals surface area contributed by atoms with Gasteiger partial charge >= 0.3 is 0 Å². The third kappa shape index (κ3) is 3.77. The first-order chi connectivity index (χ1) is 16.0. The number of nitrogens with one attached hydrogen (secondary N) is 1. The molecule has 1 N–H and O–H groups in total. The fourth-order valence-electron chi connectivity index (χ4n) is 4.15. The maximum atomic E-state index is 13.6. The van der Waals surface area contributed by atoms with Crippen LogP contribution in [0.25, 0.3) is 27.2 Å². The lowest BCUT2D eigenvalue weighted by Crippen LogP contribution is -2.32. The number of para-hydroxylation sites is 1. The first-order valence-electron chi connectivity index (χ1n) is 10.6. The highest BCUT2D eigenvalue weighted by atomic mass is 35.5. The molecule has 1 amide bonds. The Bertz CT molecular complexity index is 1560. The molecule has 3 aromatic carbocycles. The molecule has 5 rings (SSSR count). The molecule has 1 atom stereocenters. The first-order valence-corrected chi connectivity index (χ1v) is 11.0. The van der Waals surface area contributed by atoms with Crippen molar-refractivity contribution < 1.29 is 4.79 Å². The maximum Gasteiger partial charge on any atom is 0.264 e. The minimum absolute atomic E-state index is 0.229. The van der Waals surface area contributed by atoms with Gasteiger partial charge in [0.2, 0.25) is 0 Å². The number of aromatic nitrogens is 2. The second kappa shape index (κ2) is 8.52. The fraction of sp³-hybridized carbons (Fsp3) is 0.0741. The van der Waals surface area contributed by atoms with E-state index in [1.54, 1.807) is 23.0 Å². The van der Waals surface area contributed by atoms with Crippen LogP contribution in [0.1, 0.15) is 29.0 Å². The van der Waals surface area contributed by atoms with Crippen LogP contribution in [-0.2, 0) is 0 Å². The van der Waals surface area contributed by atoms with E-state index in [1.807, 2.05) is 79.7 Å². The van der Waals surface area contributed by atoms with Crippen LogP contribution in [-0.4, -0.2) is 15.5 Å². The second-order valence-corrected chi connectivity index (χ2v) is 8.26. The topological polar surface area (TPSA) is 64.0 Å². The molecule has 2 aromatic heterocycles. The minimum Gasteiger partial charge on any atom is -0.344 e. The Kier molecular flexibility index (Phi) is 5.40. The van der Waals surface area contributed by atoms with Crippen molar-refractivity contribution in [2.75, 3.05) is 0 Å². The van der Waals surface area contributed by atoms with Crippen molar-refractivity contribution in [3.05, 3.63) is 118 Å². The summed E-state index contributed by atoms with van der Waals surface area (Å²) < 4.78 is 1.61. The number of pyridine rings is 2. The summed E-state index contributed by atoms with van der Waals surface area (Å²) in [6.07, 6.45) is 3.30. The molecule has 2 heterocycles. The standard InChI is InChI=1S/C27H20ClN3O2/c1-17(30-26(32)22-16-29-15-19-8-5-6-12-21(19)22)24-14-18-9-7-13-23(28)25(18)27(33)31(24)20-10-3-2-4-11-20/h2-17H,1H3,(H,30,32)/t17-/m0/s1. The highest BCUT2D eigenvalue weighted by molar-refractivity contribution is 6.35. The molecule has 0 saturated carbocycles. The number of hydrogen-bond donors (Lipinski definition) is 1. The van der Waals surface area contributed by atoms with Gasteiger partial charge < -0.3 is 5.32 Å². The van der Waals surface area contributed by atoms with Gasteiger partial charge in [-0.1, -0.05) is 66.2 Å². The predicted octanol–water partition coefficient (Wildman–Crippen LogP) is 5.68. The molecule has 162 valence electrons. The van der Waals surface area contributed by atoms with Crippen LogP contribution in [0.2, 0.25) is 5.02 Å². The highest BCUT2D eigenvalue weighted by Crippen LogP contribution is 2.26. The van der Waals surface area contributed by atoms with E-state index in [0.29, 0.717) is 27.4 Å². The zero-order chi connectivity index (χ0) is 22.9. The average Bonchev–Trinajstić information content (AvgIpc) is 2.84. The van der Waals surface area contributed by atoms with E-state index in [2.05, 4.69) is 10.3 Å². The molecule has 0 aliphatic heterocycles. The summed E-state index contributed by atoms with van der Waals surface area (Å²) in [7, 11) is 0. The quantitative estimate of drug-likeness (QED) is 0.380.